The topological polar surface area (TPSA) is 77.6 Å². The average molecular weight is 336 g/mol. The Morgan fingerprint density at radius 1 is 1.36 bits per heavy atom. The van der Waals surface area contributed by atoms with Crippen LogP contribution in [0, 0.1) is 6.92 Å². The molecule has 0 aliphatic carbocycles. The lowest BCUT2D eigenvalue weighted by atomic mass is 10.1. The first-order valence-electron chi connectivity index (χ1n) is 8.43. The van der Waals surface area contributed by atoms with Gasteiger partial charge in [0, 0.05) is 43.5 Å². The van der Waals surface area contributed by atoms with Crippen LogP contribution in [0.15, 0.2) is 43.0 Å². The van der Waals surface area contributed by atoms with Crippen molar-refractivity contribution in [2.75, 3.05) is 0 Å². The minimum Gasteiger partial charge on any atom is -0.347 e. The third-order valence-electron chi connectivity index (χ3n) is 4.58. The Labute approximate surface area is 145 Å². The summed E-state index contributed by atoms with van der Waals surface area (Å²) < 4.78 is 4.07. The zero-order chi connectivity index (χ0) is 17.2. The van der Waals surface area contributed by atoms with Crippen LogP contribution in [0.4, 0.5) is 0 Å². The Morgan fingerprint density at radius 3 is 3.12 bits per heavy atom. The molecule has 3 aromatic rings. The van der Waals surface area contributed by atoms with Crippen LogP contribution in [-0.4, -0.2) is 36.3 Å². The van der Waals surface area contributed by atoms with Gasteiger partial charge in [-0.1, -0.05) is 12.1 Å². The number of fused-ring (bicyclic) bond motifs is 1. The summed E-state index contributed by atoms with van der Waals surface area (Å²) in [5.74, 6) is 1.87. The Bertz CT molecular complexity index is 883. The number of rotatable bonds is 4. The Hall–Kier alpha value is -2.96. The maximum atomic E-state index is 12.6. The van der Waals surface area contributed by atoms with Crippen molar-refractivity contribution in [3.8, 4) is 0 Å². The first kappa shape index (κ1) is 15.6. The summed E-state index contributed by atoms with van der Waals surface area (Å²) >= 11 is 0. The molecule has 1 amide bonds. The maximum Gasteiger partial charge on any atom is 0.251 e. The summed E-state index contributed by atoms with van der Waals surface area (Å²) in [6.45, 7) is 3.38. The van der Waals surface area contributed by atoms with Gasteiger partial charge in [0.1, 0.15) is 11.6 Å². The molecule has 1 atom stereocenters. The number of aryl methyl sites for hydroxylation is 2. The van der Waals surface area contributed by atoms with Gasteiger partial charge in [0.2, 0.25) is 0 Å². The highest BCUT2D eigenvalue weighted by atomic mass is 16.1. The largest absolute Gasteiger partial charge is 0.347 e. The summed E-state index contributed by atoms with van der Waals surface area (Å²) in [5.41, 5.74) is 1.76. The van der Waals surface area contributed by atoms with Crippen LogP contribution < -0.4 is 5.32 Å². The lowest BCUT2D eigenvalue weighted by Gasteiger charge is -2.25. The number of imidazole rings is 1. The number of carbonyl (C=O) groups is 1. The second-order valence-corrected chi connectivity index (χ2v) is 6.42. The van der Waals surface area contributed by atoms with E-state index < -0.39 is 0 Å². The predicted octanol–water partition coefficient (Wildman–Crippen LogP) is 1.58. The van der Waals surface area contributed by atoms with Crippen molar-refractivity contribution >= 4 is 5.91 Å². The van der Waals surface area contributed by atoms with Gasteiger partial charge in [-0.2, -0.15) is 0 Å². The van der Waals surface area contributed by atoms with E-state index in [4.69, 9.17) is 0 Å². The third kappa shape index (κ3) is 3.31. The number of hydrogen-bond acceptors (Lipinski definition) is 4. The minimum absolute atomic E-state index is 0.0355. The van der Waals surface area contributed by atoms with E-state index in [9.17, 15) is 4.79 Å². The number of carbonyl (C=O) groups excluding carboxylic acids is 1. The highest BCUT2D eigenvalue weighted by Crippen LogP contribution is 2.15. The summed E-state index contributed by atoms with van der Waals surface area (Å²) in [6, 6.07) is 7.83. The second kappa shape index (κ2) is 6.51. The van der Waals surface area contributed by atoms with Crippen molar-refractivity contribution in [3.63, 3.8) is 0 Å². The van der Waals surface area contributed by atoms with E-state index in [1.165, 1.54) is 0 Å². The minimum atomic E-state index is -0.0355. The van der Waals surface area contributed by atoms with Crippen LogP contribution in [0.3, 0.4) is 0 Å². The van der Waals surface area contributed by atoms with E-state index in [1.54, 1.807) is 12.5 Å². The molecule has 0 bridgehead atoms. The molecule has 0 unspecified atom stereocenters. The number of hydrogen-bond donors (Lipinski definition) is 1. The molecule has 7 heteroatoms. The standard InChI is InChI=1S/C18H20N6O/c1-13-21-22-17-6-5-16(11-24(13)17)20-18(25)15-4-2-3-14(9-15)10-23-8-7-19-12-23/h2-4,7-9,12,16H,5-6,10-11H2,1H3,(H,20,25)/t16-/m1/s1. The van der Waals surface area contributed by atoms with E-state index in [0.29, 0.717) is 12.1 Å². The molecule has 1 aliphatic rings. The molecule has 128 valence electrons. The molecular formula is C18H20N6O. The second-order valence-electron chi connectivity index (χ2n) is 6.42. The average Bonchev–Trinajstić information content (AvgIpc) is 3.25. The van der Waals surface area contributed by atoms with E-state index in [2.05, 4.69) is 25.1 Å². The number of benzene rings is 1. The zero-order valence-corrected chi connectivity index (χ0v) is 14.1. The highest BCUT2D eigenvalue weighted by Gasteiger charge is 2.23. The molecule has 2 aromatic heterocycles. The van der Waals surface area contributed by atoms with Crippen LogP contribution in [0.25, 0.3) is 0 Å². The highest BCUT2D eigenvalue weighted by molar-refractivity contribution is 5.94. The molecule has 1 N–H and O–H groups in total. The first-order valence-corrected chi connectivity index (χ1v) is 8.43. The summed E-state index contributed by atoms with van der Waals surface area (Å²) in [7, 11) is 0. The smallest absolute Gasteiger partial charge is 0.251 e. The Morgan fingerprint density at radius 2 is 2.28 bits per heavy atom. The lowest BCUT2D eigenvalue weighted by molar-refractivity contribution is 0.0927. The molecule has 0 saturated heterocycles. The van der Waals surface area contributed by atoms with E-state index in [0.717, 1.165) is 36.6 Å². The molecule has 7 nitrogen and oxygen atoms in total. The molecule has 1 aromatic carbocycles. The predicted molar refractivity (Wildman–Crippen MR) is 92.1 cm³/mol. The van der Waals surface area contributed by atoms with Gasteiger partial charge in [-0.15, -0.1) is 10.2 Å². The van der Waals surface area contributed by atoms with Gasteiger partial charge >= 0.3 is 0 Å². The van der Waals surface area contributed by atoms with Crippen LogP contribution in [0.5, 0.6) is 0 Å². The number of nitrogens with one attached hydrogen (secondary N) is 1. The van der Waals surface area contributed by atoms with Gasteiger partial charge in [0.05, 0.1) is 6.33 Å². The number of amides is 1. The van der Waals surface area contributed by atoms with E-state index in [-0.39, 0.29) is 11.9 Å². The molecular weight excluding hydrogens is 316 g/mol. The van der Waals surface area contributed by atoms with Gasteiger partial charge in [0.15, 0.2) is 0 Å². The zero-order valence-electron chi connectivity index (χ0n) is 14.1. The van der Waals surface area contributed by atoms with Gasteiger partial charge in [0.25, 0.3) is 5.91 Å². The molecule has 1 aliphatic heterocycles. The molecule has 0 radical (unpaired) electrons. The van der Waals surface area contributed by atoms with Crippen LogP contribution in [-0.2, 0) is 19.5 Å². The third-order valence-corrected chi connectivity index (χ3v) is 4.58. The number of aromatic nitrogens is 5. The lowest BCUT2D eigenvalue weighted by Crippen LogP contribution is -2.41. The normalized spacial score (nSPS) is 16.4. The molecule has 25 heavy (non-hydrogen) atoms. The van der Waals surface area contributed by atoms with Gasteiger partial charge in [-0.3, -0.25) is 4.79 Å². The monoisotopic (exact) mass is 336 g/mol. The molecule has 3 heterocycles. The van der Waals surface area contributed by atoms with Crippen molar-refractivity contribution in [1.82, 2.24) is 29.6 Å². The molecule has 0 spiro atoms. The van der Waals surface area contributed by atoms with Crippen LogP contribution in [0.2, 0.25) is 0 Å². The maximum absolute atomic E-state index is 12.6. The fourth-order valence-electron chi connectivity index (χ4n) is 3.25. The SMILES string of the molecule is Cc1nnc2n1C[C@H](NC(=O)c1cccc(Cn3ccnc3)c1)CC2. The fraction of sp³-hybridized carbons (Fsp3) is 0.333. The van der Waals surface area contributed by atoms with E-state index >= 15 is 0 Å². The van der Waals surface area contributed by atoms with Crippen molar-refractivity contribution in [1.29, 1.82) is 0 Å². The first-order chi connectivity index (χ1) is 12.2. The van der Waals surface area contributed by atoms with E-state index in [1.807, 2.05) is 42.0 Å². The van der Waals surface area contributed by atoms with Crippen LogP contribution in [0.1, 0.15) is 34.0 Å². The summed E-state index contributed by atoms with van der Waals surface area (Å²) in [6.07, 6.45) is 7.16. The summed E-state index contributed by atoms with van der Waals surface area (Å²) in [4.78, 5) is 16.7. The van der Waals surface area contributed by atoms with Crippen molar-refractivity contribution in [3.05, 3.63) is 65.8 Å². The Balaban J connectivity index is 1.44. The fourth-order valence-corrected chi connectivity index (χ4v) is 3.25. The molecule has 4 rings (SSSR count). The van der Waals surface area contributed by atoms with Crippen molar-refractivity contribution in [2.45, 2.75) is 38.9 Å². The quantitative estimate of drug-likeness (QED) is 0.785. The molecule has 0 saturated carbocycles. The van der Waals surface area contributed by atoms with Gasteiger partial charge < -0.3 is 14.5 Å². The summed E-state index contributed by atoms with van der Waals surface area (Å²) in [5, 5.41) is 11.4. The molecule has 0 fully saturated rings. The van der Waals surface area contributed by atoms with Crippen molar-refractivity contribution < 1.29 is 4.79 Å². The van der Waals surface area contributed by atoms with Gasteiger partial charge in [-0.05, 0) is 31.0 Å². The van der Waals surface area contributed by atoms with Crippen LogP contribution >= 0.6 is 0 Å². The Kier molecular flexibility index (Phi) is 4.05. The van der Waals surface area contributed by atoms with Gasteiger partial charge in [-0.25, -0.2) is 4.98 Å². The number of nitrogens with zero attached hydrogens (tertiary/aromatic N) is 5. The van der Waals surface area contributed by atoms with Crippen molar-refractivity contribution in [2.24, 2.45) is 0 Å².